The fourth-order valence-electron chi connectivity index (χ4n) is 2.96. The van der Waals surface area contributed by atoms with Gasteiger partial charge in [-0.15, -0.1) is 0 Å². The number of hydrogen-bond donors (Lipinski definition) is 1. The molecular weight excluding hydrogens is 150 g/mol. The van der Waals surface area contributed by atoms with Crippen LogP contribution in [0, 0.1) is 17.8 Å². The fourth-order valence-corrected chi connectivity index (χ4v) is 2.96. The number of nitrogens with two attached hydrogens (primary N) is 1. The molecule has 1 aliphatic carbocycles. The summed E-state index contributed by atoms with van der Waals surface area (Å²) in [7, 11) is 0. The second-order valence-electron chi connectivity index (χ2n) is 4.35. The molecule has 2 rings (SSSR count). The molecule has 0 amide bonds. The maximum absolute atomic E-state index is 5.77. The van der Waals surface area contributed by atoms with E-state index >= 15 is 0 Å². The molecule has 0 aromatic heterocycles. The van der Waals surface area contributed by atoms with Crippen molar-refractivity contribution in [3.05, 3.63) is 0 Å². The van der Waals surface area contributed by atoms with Gasteiger partial charge in [-0.1, -0.05) is 13.3 Å². The van der Waals surface area contributed by atoms with Gasteiger partial charge in [0.1, 0.15) is 0 Å². The topological polar surface area (TPSA) is 35.2 Å². The van der Waals surface area contributed by atoms with Gasteiger partial charge in [0, 0.05) is 6.61 Å². The van der Waals surface area contributed by atoms with Crippen molar-refractivity contribution in [2.45, 2.75) is 32.3 Å². The first-order valence-electron chi connectivity index (χ1n) is 5.14. The van der Waals surface area contributed by atoms with E-state index in [1.165, 1.54) is 19.3 Å². The summed E-state index contributed by atoms with van der Waals surface area (Å²) in [5, 5.41) is 0. The average Bonchev–Trinajstić information content (AvgIpc) is 2.48. The minimum Gasteiger partial charge on any atom is -0.378 e. The average molecular weight is 169 g/mol. The Balaban J connectivity index is 2.07. The minimum absolute atomic E-state index is 0.544. The van der Waals surface area contributed by atoms with Crippen LogP contribution in [0.1, 0.15) is 26.2 Å². The Morgan fingerprint density at radius 1 is 1.42 bits per heavy atom. The normalized spacial score (nSPS) is 47.5. The van der Waals surface area contributed by atoms with Gasteiger partial charge in [0.05, 0.1) is 6.10 Å². The Hall–Kier alpha value is -0.0800. The number of fused-ring (bicyclic) bond motifs is 1. The molecule has 0 aromatic rings. The molecule has 0 aromatic carbocycles. The van der Waals surface area contributed by atoms with Crippen molar-refractivity contribution in [2.75, 3.05) is 13.2 Å². The van der Waals surface area contributed by atoms with E-state index < -0.39 is 0 Å². The van der Waals surface area contributed by atoms with Crippen molar-refractivity contribution in [3.63, 3.8) is 0 Å². The Labute approximate surface area is 74.5 Å². The van der Waals surface area contributed by atoms with Gasteiger partial charge >= 0.3 is 0 Å². The molecule has 2 heteroatoms. The third-order valence-corrected chi connectivity index (χ3v) is 3.57. The van der Waals surface area contributed by atoms with Crippen LogP contribution >= 0.6 is 0 Å². The first-order chi connectivity index (χ1) is 5.83. The quantitative estimate of drug-likeness (QED) is 0.644. The van der Waals surface area contributed by atoms with Crippen LogP contribution in [-0.4, -0.2) is 19.3 Å². The van der Waals surface area contributed by atoms with Gasteiger partial charge in [0.15, 0.2) is 0 Å². The molecule has 2 nitrogen and oxygen atoms in total. The van der Waals surface area contributed by atoms with E-state index in [1.54, 1.807) is 0 Å². The molecular formula is C10H19NO. The lowest BCUT2D eigenvalue weighted by molar-refractivity contribution is 0.0451. The van der Waals surface area contributed by atoms with Gasteiger partial charge in [0.25, 0.3) is 0 Å². The van der Waals surface area contributed by atoms with Gasteiger partial charge in [-0.05, 0) is 37.1 Å². The highest BCUT2D eigenvalue weighted by Crippen LogP contribution is 2.41. The van der Waals surface area contributed by atoms with Crippen LogP contribution in [0.15, 0.2) is 0 Å². The maximum Gasteiger partial charge on any atom is 0.0609 e. The molecule has 0 spiro atoms. The van der Waals surface area contributed by atoms with E-state index in [0.29, 0.717) is 6.10 Å². The molecule has 1 aliphatic heterocycles. The number of ether oxygens (including phenoxy) is 1. The third kappa shape index (κ3) is 1.27. The van der Waals surface area contributed by atoms with Crippen molar-refractivity contribution in [2.24, 2.45) is 23.5 Å². The van der Waals surface area contributed by atoms with Crippen molar-refractivity contribution in [1.29, 1.82) is 0 Å². The zero-order valence-electron chi connectivity index (χ0n) is 7.83. The van der Waals surface area contributed by atoms with Gasteiger partial charge in [0.2, 0.25) is 0 Å². The molecule has 2 N–H and O–H groups in total. The van der Waals surface area contributed by atoms with Crippen molar-refractivity contribution in [3.8, 4) is 0 Å². The van der Waals surface area contributed by atoms with E-state index in [0.717, 1.165) is 30.9 Å². The molecule has 0 radical (unpaired) electrons. The molecule has 1 heterocycles. The van der Waals surface area contributed by atoms with E-state index in [4.69, 9.17) is 10.5 Å². The molecule has 70 valence electrons. The van der Waals surface area contributed by atoms with Crippen LogP contribution in [-0.2, 0) is 4.74 Å². The SMILES string of the molecule is C[C@@H]1CO[C@H]2CCC[C@@H](CN)[C@@H]12. The molecule has 0 bridgehead atoms. The fraction of sp³-hybridized carbons (Fsp3) is 1.00. The number of rotatable bonds is 1. The van der Waals surface area contributed by atoms with Gasteiger partial charge in [-0.3, -0.25) is 0 Å². The van der Waals surface area contributed by atoms with Crippen LogP contribution in [0.4, 0.5) is 0 Å². The summed E-state index contributed by atoms with van der Waals surface area (Å²) in [6, 6.07) is 0. The van der Waals surface area contributed by atoms with Gasteiger partial charge < -0.3 is 10.5 Å². The lowest BCUT2D eigenvalue weighted by Gasteiger charge is -2.33. The van der Waals surface area contributed by atoms with Gasteiger partial charge in [-0.25, -0.2) is 0 Å². The van der Waals surface area contributed by atoms with Crippen LogP contribution < -0.4 is 5.73 Å². The van der Waals surface area contributed by atoms with Crippen molar-refractivity contribution >= 4 is 0 Å². The number of hydrogen-bond acceptors (Lipinski definition) is 2. The van der Waals surface area contributed by atoms with Crippen LogP contribution in [0.3, 0.4) is 0 Å². The van der Waals surface area contributed by atoms with Crippen LogP contribution in [0.5, 0.6) is 0 Å². The molecule has 1 saturated carbocycles. The smallest absolute Gasteiger partial charge is 0.0609 e. The van der Waals surface area contributed by atoms with E-state index in [-0.39, 0.29) is 0 Å². The monoisotopic (exact) mass is 169 g/mol. The van der Waals surface area contributed by atoms with Crippen LogP contribution in [0.25, 0.3) is 0 Å². The molecule has 12 heavy (non-hydrogen) atoms. The van der Waals surface area contributed by atoms with Crippen molar-refractivity contribution in [1.82, 2.24) is 0 Å². The predicted octanol–water partition coefficient (Wildman–Crippen LogP) is 1.40. The first kappa shape index (κ1) is 8.52. The standard InChI is InChI=1S/C10H19NO/c1-7-6-12-9-4-2-3-8(5-11)10(7)9/h7-10H,2-6,11H2,1H3/t7-,8+,9+,10-/m1/s1. The van der Waals surface area contributed by atoms with E-state index in [9.17, 15) is 0 Å². The summed E-state index contributed by atoms with van der Waals surface area (Å²) in [4.78, 5) is 0. The van der Waals surface area contributed by atoms with Crippen molar-refractivity contribution < 1.29 is 4.74 Å². The summed E-state index contributed by atoms with van der Waals surface area (Å²) in [6.07, 6.45) is 4.45. The highest BCUT2D eigenvalue weighted by atomic mass is 16.5. The summed E-state index contributed by atoms with van der Waals surface area (Å²) in [5.41, 5.74) is 5.77. The summed E-state index contributed by atoms with van der Waals surface area (Å²) >= 11 is 0. The molecule has 1 saturated heterocycles. The predicted molar refractivity (Wildman–Crippen MR) is 48.8 cm³/mol. The molecule has 2 aliphatic rings. The van der Waals surface area contributed by atoms with Crippen LogP contribution in [0.2, 0.25) is 0 Å². The molecule has 4 atom stereocenters. The first-order valence-corrected chi connectivity index (χ1v) is 5.14. The summed E-state index contributed by atoms with van der Waals surface area (Å²) < 4.78 is 5.75. The third-order valence-electron chi connectivity index (χ3n) is 3.57. The zero-order chi connectivity index (χ0) is 8.55. The summed E-state index contributed by atoms with van der Waals surface area (Å²) in [6.45, 7) is 4.12. The Morgan fingerprint density at radius 2 is 2.25 bits per heavy atom. The zero-order valence-corrected chi connectivity index (χ0v) is 7.83. The second kappa shape index (κ2) is 3.35. The largest absolute Gasteiger partial charge is 0.378 e. The summed E-state index contributed by atoms with van der Waals surface area (Å²) in [5.74, 6) is 2.24. The van der Waals surface area contributed by atoms with E-state index in [2.05, 4.69) is 6.92 Å². The lowest BCUT2D eigenvalue weighted by Crippen LogP contribution is -2.36. The highest BCUT2D eigenvalue weighted by Gasteiger charge is 2.41. The molecule has 0 unspecified atom stereocenters. The molecule has 2 fully saturated rings. The minimum atomic E-state index is 0.544. The van der Waals surface area contributed by atoms with E-state index in [1.807, 2.05) is 0 Å². The maximum atomic E-state index is 5.77. The highest BCUT2D eigenvalue weighted by molar-refractivity contribution is 4.90. The van der Waals surface area contributed by atoms with Gasteiger partial charge in [-0.2, -0.15) is 0 Å². The Kier molecular flexibility index (Phi) is 2.37. The second-order valence-corrected chi connectivity index (χ2v) is 4.35. The Bertz CT molecular complexity index is 158. The lowest BCUT2D eigenvalue weighted by atomic mass is 9.73. The Morgan fingerprint density at radius 3 is 3.00 bits per heavy atom.